The topological polar surface area (TPSA) is 0 Å². The van der Waals surface area contributed by atoms with Crippen molar-refractivity contribution >= 4 is 0 Å². The Labute approximate surface area is 104 Å². The lowest BCUT2D eigenvalue weighted by Gasteiger charge is -2.10. The van der Waals surface area contributed by atoms with Crippen LogP contribution in [0.2, 0.25) is 0 Å². The first kappa shape index (κ1) is 11.9. The van der Waals surface area contributed by atoms with Gasteiger partial charge in [-0.05, 0) is 42.0 Å². The molecular formula is C17H20. The monoisotopic (exact) mass is 224 g/mol. The quantitative estimate of drug-likeness (QED) is 0.703. The maximum absolute atomic E-state index is 2.29. The van der Waals surface area contributed by atoms with Crippen LogP contribution in [0.5, 0.6) is 0 Å². The highest BCUT2D eigenvalue weighted by molar-refractivity contribution is 5.68. The van der Waals surface area contributed by atoms with Gasteiger partial charge in [0.15, 0.2) is 0 Å². The fourth-order valence-electron chi connectivity index (χ4n) is 2.22. The summed E-state index contributed by atoms with van der Waals surface area (Å²) in [5, 5.41) is 0. The summed E-state index contributed by atoms with van der Waals surface area (Å²) >= 11 is 0. The molecule has 0 spiro atoms. The molecule has 0 aliphatic heterocycles. The van der Waals surface area contributed by atoms with Crippen LogP contribution in [0.4, 0.5) is 0 Å². The molecule has 0 atom stereocenters. The number of rotatable bonds is 3. The molecule has 0 aliphatic carbocycles. The van der Waals surface area contributed by atoms with Gasteiger partial charge in [-0.2, -0.15) is 0 Å². The first-order valence-electron chi connectivity index (χ1n) is 6.43. The van der Waals surface area contributed by atoms with E-state index in [0.29, 0.717) is 0 Å². The molecular weight excluding hydrogens is 204 g/mol. The minimum atomic E-state index is 1.09. The SMILES string of the molecule is CCc1ccc(-c2ccc(C)cc2CC)cc1. The lowest BCUT2D eigenvalue weighted by atomic mass is 9.95. The lowest BCUT2D eigenvalue weighted by Crippen LogP contribution is -1.89. The van der Waals surface area contributed by atoms with Crippen molar-refractivity contribution < 1.29 is 0 Å². The Bertz CT molecular complexity index is 492. The van der Waals surface area contributed by atoms with Crippen LogP contribution in [0.15, 0.2) is 42.5 Å². The molecule has 0 heterocycles. The van der Waals surface area contributed by atoms with Crippen molar-refractivity contribution in [1.29, 1.82) is 0 Å². The van der Waals surface area contributed by atoms with E-state index in [1.165, 1.54) is 27.8 Å². The standard InChI is InChI=1S/C17H20/c1-4-14-7-9-16(10-8-14)17-11-6-13(3)12-15(17)5-2/h6-12H,4-5H2,1-3H3. The van der Waals surface area contributed by atoms with Gasteiger partial charge in [0, 0.05) is 0 Å². The summed E-state index contributed by atoms with van der Waals surface area (Å²) in [6, 6.07) is 15.7. The van der Waals surface area contributed by atoms with Gasteiger partial charge in [-0.25, -0.2) is 0 Å². The minimum absolute atomic E-state index is 1.09. The van der Waals surface area contributed by atoms with Crippen LogP contribution < -0.4 is 0 Å². The van der Waals surface area contributed by atoms with Gasteiger partial charge in [0.1, 0.15) is 0 Å². The van der Waals surface area contributed by atoms with Gasteiger partial charge in [-0.15, -0.1) is 0 Å². The van der Waals surface area contributed by atoms with Gasteiger partial charge in [0.2, 0.25) is 0 Å². The fraction of sp³-hybridized carbons (Fsp3) is 0.294. The Kier molecular flexibility index (Phi) is 3.63. The van der Waals surface area contributed by atoms with Gasteiger partial charge in [-0.1, -0.05) is 61.9 Å². The van der Waals surface area contributed by atoms with E-state index in [2.05, 4.69) is 63.2 Å². The third kappa shape index (κ3) is 2.58. The van der Waals surface area contributed by atoms with Crippen LogP contribution >= 0.6 is 0 Å². The molecule has 2 aromatic rings. The first-order valence-corrected chi connectivity index (χ1v) is 6.43. The first-order chi connectivity index (χ1) is 8.24. The number of hydrogen-bond donors (Lipinski definition) is 0. The van der Waals surface area contributed by atoms with Crippen LogP contribution in [0.1, 0.15) is 30.5 Å². The van der Waals surface area contributed by atoms with E-state index in [9.17, 15) is 0 Å². The Morgan fingerprint density at radius 1 is 0.824 bits per heavy atom. The van der Waals surface area contributed by atoms with Crippen molar-refractivity contribution in [3.63, 3.8) is 0 Å². The van der Waals surface area contributed by atoms with E-state index < -0.39 is 0 Å². The van der Waals surface area contributed by atoms with Gasteiger partial charge in [0.25, 0.3) is 0 Å². The molecule has 0 amide bonds. The van der Waals surface area contributed by atoms with Gasteiger partial charge in [0.05, 0.1) is 0 Å². The summed E-state index contributed by atoms with van der Waals surface area (Å²) in [6.07, 6.45) is 2.20. The average molecular weight is 224 g/mol. The zero-order valence-electron chi connectivity index (χ0n) is 11.0. The van der Waals surface area contributed by atoms with E-state index in [4.69, 9.17) is 0 Å². The Morgan fingerprint density at radius 2 is 1.53 bits per heavy atom. The van der Waals surface area contributed by atoms with Crippen molar-refractivity contribution in [2.24, 2.45) is 0 Å². The molecule has 0 aromatic heterocycles. The normalized spacial score (nSPS) is 10.5. The fourth-order valence-corrected chi connectivity index (χ4v) is 2.22. The highest BCUT2D eigenvalue weighted by atomic mass is 14.1. The van der Waals surface area contributed by atoms with E-state index >= 15 is 0 Å². The highest BCUT2D eigenvalue weighted by Crippen LogP contribution is 2.25. The average Bonchev–Trinajstić information content (AvgIpc) is 2.39. The molecule has 0 aliphatic rings. The van der Waals surface area contributed by atoms with E-state index in [1.54, 1.807) is 0 Å². The molecule has 2 aromatic carbocycles. The van der Waals surface area contributed by atoms with Crippen molar-refractivity contribution in [2.75, 3.05) is 0 Å². The van der Waals surface area contributed by atoms with E-state index in [1.807, 2.05) is 0 Å². The second-order valence-electron chi connectivity index (χ2n) is 4.56. The summed E-state index contributed by atoms with van der Waals surface area (Å²) in [7, 11) is 0. The van der Waals surface area contributed by atoms with Gasteiger partial charge in [-0.3, -0.25) is 0 Å². The number of benzene rings is 2. The van der Waals surface area contributed by atoms with E-state index in [-0.39, 0.29) is 0 Å². The molecule has 0 saturated heterocycles. The Balaban J connectivity index is 2.44. The smallest absolute Gasteiger partial charge is 0.0152 e. The number of hydrogen-bond acceptors (Lipinski definition) is 0. The predicted molar refractivity (Wildman–Crippen MR) is 75.4 cm³/mol. The largest absolute Gasteiger partial charge is 0.0613 e. The van der Waals surface area contributed by atoms with Crippen LogP contribution in [0.3, 0.4) is 0 Å². The third-order valence-corrected chi connectivity index (χ3v) is 3.31. The van der Waals surface area contributed by atoms with Crippen molar-refractivity contribution in [2.45, 2.75) is 33.6 Å². The van der Waals surface area contributed by atoms with Crippen LogP contribution in [-0.4, -0.2) is 0 Å². The molecule has 17 heavy (non-hydrogen) atoms. The van der Waals surface area contributed by atoms with E-state index in [0.717, 1.165) is 12.8 Å². The number of aryl methyl sites for hydroxylation is 3. The summed E-state index contributed by atoms with van der Waals surface area (Å²) in [5.74, 6) is 0. The molecule has 0 N–H and O–H groups in total. The second kappa shape index (κ2) is 5.18. The zero-order valence-corrected chi connectivity index (χ0v) is 11.0. The van der Waals surface area contributed by atoms with Crippen LogP contribution in [0, 0.1) is 6.92 Å². The van der Waals surface area contributed by atoms with Crippen molar-refractivity contribution in [3.8, 4) is 11.1 Å². The summed E-state index contributed by atoms with van der Waals surface area (Å²) < 4.78 is 0. The Morgan fingerprint density at radius 3 is 2.12 bits per heavy atom. The summed E-state index contributed by atoms with van der Waals surface area (Å²) in [6.45, 7) is 6.57. The van der Waals surface area contributed by atoms with Gasteiger partial charge < -0.3 is 0 Å². The maximum atomic E-state index is 2.29. The lowest BCUT2D eigenvalue weighted by molar-refractivity contribution is 1.13. The molecule has 0 bridgehead atoms. The maximum Gasteiger partial charge on any atom is -0.0152 e. The summed E-state index contributed by atoms with van der Waals surface area (Å²) in [4.78, 5) is 0. The van der Waals surface area contributed by atoms with Crippen LogP contribution in [-0.2, 0) is 12.8 Å². The third-order valence-electron chi connectivity index (χ3n) is 3.31. The molecule has 2 rings (SSSR count). The zero-order chi connectivity index (χ0) is 12.3. The summed E-state index contributed by atoms with van der Waals surface area (Å²) in [5.41, 5.74) is 6.89. The van der Waals surface area contributed by atoms with Crippen LogP contribution in [0.25, 0.3) is 11.1 Å². The molecule has 0 unspecified atom stereocenters. The molecule has 0 radical (unpaired) electrons. The van der Waals surface area contributed by atoms with Gasteiger partial charge >= 0.3 is 0 Å². The second-order valence-corrected chi connectivity index (χ2v) is 4.56. The predicted octanol–water partition coefficient (Wildman–Crippen LogP) is 4.79. The van der Waals surface area contributed by atoms with Crippen molar-refractivity contribution in [3.05, 3.63) is 59.2 Å². The minimum Gasteiger partial charge on any atom is -0.0613 e. The molecule has 0 heteroatoms. The Hall–Kier alpha value is -1.56. The molecule has 0 saturated carbocycles. The molecule has 88 valence electrons. The highest BCUT2D eigenvalue weighted by Gasteiger charge is 2.03. The molecule has 0 fully saturated rings. The molecule has 0 nitrogen and oxygen atoms in total. The van der Waals surface area contributed by atoms with Crippen molar-refractivity contribution in [1.82, 2.24) is 0 Å².